The zero-order chi connectivity index (χ0) is 32.8. The lowest BCUT2D eigenvalue weighted by Crippen LogP contribution is -2.45. The van der Waals surface area contributed by atoms with Crippen LogP contribution in [0.2, 0.25) is 18.1 Å². The number of ketones is 1. The van der Waals surface area contributed by atoms with E-state index in [1.54, 1.807) is 20.8 Å². The molecule has 1 aliphatic rings. The third kappa shape index (κ3) is 10.4. The van der Waals surface area contributed by atoms with Crippen LogP contribution in [0, 0.1) is 17.3 Å². The summed E-state index contributed by atoms with van der Waals surface area (Å²) in [6, 6.07) is 0. The number of thiazole rings is 1. The van der Waals surface area contributed by atoms with Crippen molar-refractivity contribution in [1.29, 1.82) is 0 Å². The highest BCUT2D eigenvalue weighted by Crippen LogP contribution is 2.37. The lowest BCUT2D eigenvalue weighted by molar-refractivity contribution is -0.154. The Morgan fingerprint density at radius 3 is 2.49 bits per heavy atom. The van der Waals surface area contributed by atoms with E-state index in [2.05, 4.69) is 33.9 Å². The normalized spacial score (nSPS) is 28.7. The molecule has 1 aliphatic heterocycles. The first-order valence-electron chi connectivity index (χ1n) is 15.4. The highest BCUT2D eigenvalue weighted by atomic mass is 32.1. The molecule has 1 aromatic heterocycles. The van der Waals surface area contributed by atoms with Crippen molar-refractivity contribution >= 4 is 37.5 Å². The number of carbonyl (C=O) groups is 2. The van der Waals surface area contributed by atoms with Gasteiger partial charge in [0.25, 0.3) is 0 Å². The van der Waals surface area contributed by atoms with Crippen molar-refractivity contribution in [2.24, 2.45) is 17.3 Å². The lowest BCUT2D eigenvalue weighted by Gasteiger charge is -2.35. The predicted octanol–water partition coefficient (Wildman–Crippen LogP) is 6.45. The maximum atomic E-state index is 13.3. The minimum absolute atomic E-state index is 0.104. The molecule has 1 unspecified atom stereocenters. The summed E-state index contributed by atoms with van der Waals surface area (Å²) < 4.78 is 12.2. The summed E-state index contributed by atoms with van der Waals surface area (Å²) in [6.45, 7) is 20.0. The summed E-state index contributed by atoms with van der Waals surface area (Å²) in [5.74, 6) is -1.76. The molecule has 0 saturated carbocycles. The Bertz CT molecular complexity index is 1150. The van der Waals surface area contributed by atoms with Gasteiger partial charge in [-0.3, -0.25) is 9.59 Å². The topological polar surface area (TPSA) is 126 Å². The van der Waals surface area contributed by atoms with E-state index in [1.165, 1.54) is 11.3 Å². The highest BCUT2D eigenvalue weighted by molar-refractivity contribution is 7.09. The number of aliphatic hydroxyl groups is 3. The van der Waals surface area contributed by atoms with Gasteiger partial charge >= 0.3 is 5.97 Å². The van der Waals surface area contributed by atoms with Gasteiger partial charge in [0, 0.05) is 17.7 Å². The van der Waals surface area contributed by atoms with Crippen molar-refractivity contribution in [2.75, 3.05) is 6.61 Å². The van der Waals surface area contributed by atoms with E-state index in [9.17, 15) is 24.9 Å². The second-order valence-electron chi connectivity index (χ2n) is 14.3. The molecule has 244 valence electrons. The second-order valence-corrected chi connectivity index (χ2v) is 20.0. The number of hydrogen-bond donors (Lipinski definition) is 3. The molecule has 0 radical (unpaired) electrons. The first-order chi connectivity index (χ1) is 19.8. The van der Waals surface area contributed by atoms with E-state index in [0.717, 1.165) is 28.3 Å². The summed E-state index contributed by atoms with van der Waals surface area (Å²) in [4.78, 5) is 31.1. The average molecular weight is 638 g/mol. The molecule has 0 fully saturated rings. The molecule has 0 spiro atoms. The Morgan fingerprint density at radius 2 is 1.88 bits per heavy atom. The fraction of sp³-hybridized carbons (Fsp3) is 0.727. The molecule has 8 nitrogen and oxygen atoms in total. The largest absolute Gasteiger partial charge is 0.457 e. The molecule has 43 heavy (non-hydrogen) atoms. The van der Waals surface area contributed by atoms with Gasteiger partial charge in [0.1, 0.15) is 16.9 Å². The Balaban J connectivity index is 2.32. The minimum Gasteiger partial charge on any atom is -0.457 e. The summed E-state index contributed by atoms with van der Waals surface area (Å²) >= 11 is 1.53. The maximum Gasteiger partial charge on any atom is 0.309 e. The van der Waals surface area contributed by atoms with Gasteiger partial charge in [-0.2, -0.15) is 0 Å². The number of aliphatic hydroxyl groups excluding tert-OH is 3. The second kappa shape index (κ2) is 15.5. The van der Waals surface area contributed by atoms with Crippen LogP contribution in [0.5, 0.6) is 0 Å². The van der Waals surface area contributed by atoms with Crippen molar-refractivity contribution in [1.82, 2.24) is 4.98 Å². The molecule has 0 bridgehead atoms. The highest BCUT2D eigenvalue weighted by Gasteiger charge is 2.42. The van der Waals surface area contributed by atoms with Crippen molar-refractivity contribution in [3.05, 3.63) is 33.3 Å². The van der Waals surface area contributed by atoms with Gasteiger partial charge in [-0.15, -0.1) is 11.3 Å². The molecule has 0 aromatic carbocycles. The molecule has 0 amide bonds. The van der Waals surface area contributed by atoms with E-state index in [-0.39, 0.29) is 29.8 Å². The monoisotopic (exact) mass is 637 g/mol. The van der Waals surface area contributed by atoms with Crippen molar-refractivity contribution in [3.8, 4) is 0 Å². The van der Waals surface area contributed by atoms with Gasteiger partial charge in [0.15, 0.2) is 8.32 Å². The van der Waals surface area contributed by atoms with Gasteiger partial charge in [-0.1, -0.05) is 54.5 Å². The first kappa shape index (κ1) is 37.5. The number of cyclic esters (lactones) is 1. The summed E-state index contributed by atoms with van der Waals surface area (Å²) in [6.07, 6.45) is 3.05. The van der Waals surface area contributed by atoms with Crippen LogP contribution in [0.25, 0.3) is 6.08 Å². The quantitative estimate of drug-likeness (QED) is 0.185. The van der Waals surface area contributed by atoms with Crippen molar-refractivity contribution < 1.29 is 34.1 Å². The van der Waals surface area contributed by atoms with Crippen LogP contribution < -0.4 is 0 Å². The van der Waals surface area contributed by atoms with E-state index < -0.39 is 43.9 Å². The third-order valence-electron chi connectivity index (χ3n) is 9.41. The fourth-order valence-electron chi connectivity index (χ4n) is 4.93. The molecule has 0 saturated heterocycles. The SMILES string of the molecule is C/C(=C\c1csc(CO[Si](C)(C)C(C)(C)C)n1)[C@@H]1C/C=C(/CO)CCC[C@H](C)C(O)[C@@H](C)C(=O)C(C)(C)[C@@H](O)CC(=O)O1. The van der Waals surface area contributed by atoms with Crippen molar-refractivity contribution in [2.45, 2.75) is 131 Å². The Labute approximate surface area is 263 Å². The van der Waals surface area contributed by atoms with E-state index >= 15 is 0 Å². The van der Waals surface area contributed by atoms with E-state index in [1.807, 2.05) is 31.4 Å². The number of rotatable bonds is 6. The van der Waals surface area contributed by atoms with Gasteiger partial charge in [0.2, 0.25) is 0 Å². The first-order valence-corrected chi connectivity index (χ1v) is 19.2. The molecular weight excluding hydrogens is 583 g/mol. The minimum atomic E-state index is -1.91. The number of Topliss-reactive ketones (excluding diaryl/α,β-unsaturated/α-hetero) is 1. The number of esters is 1. The Morgan fingerprint density at radius 1 is 1.23 bits per heavy atom. The summed E-state index contributed by atoms with van der Waals surface area (Å²) in [5, 5.41) is 34.8. The standard InChI is InChI=1S/C33H55NO7SSi/c1-21-12-11-13-24(18-35)14-15-26(41-29(37)17-27(36)33(7,8)31(39)23(3)30(21)38)22(2)16-25-20-42-28(34-25)19-40-43(9,10)32(4,5)6/h14,16,20-21,23,26-27,30,35-36,38H,11-13,15,17-19H2,1-10H3/b22-16+,24-14+/t21-,23+,26-,27-,30?/m0/s1. The van der Waals surface area contributed by atoms with Crippen molar-refractivity contribution in [3.63, 3.8) is 0 Å². The van der Waals surface area contributed by atoms with Gasteiger partial charge in [0.05, 0.1) is 43.0 Å². The summed E-state index contributed by atoms with van der Waals surface area (Å²) in [5.41, 5.74) is 1.11. The van der Waals surface area contributed by atoms with Crippen LogP contribution in [0.1, 0.15) is 98.2 Å². The van der Waals surface area contributed by atoms with E-state index in [4.69, 9.17) is 14.1 Å². The molecule has 0 aliphatic carbocycles. The smallest absolute Gasteiger partial charge is 0.309 e. The third-order valence-corrected chi connectivity index (χ3v) is 14.7. The van der Waals surface area contributed by atoms with Gasteiger partial charge < -0.3 is 24.5 Å². The number of carbonyl (C=O) groups excluding carboxylic acids is 2. The molecule has 2 heterocycles. The molecular formula is C33H55NO7SSi. The Kier molecular flexibility index (Phi) is 13.5. The zero-order valence-electron chi connectivity index (χ0n) is 27.9. The van der Waals surface area contributed by atoms with Gasteiger partial charge in [-0.25, -0.2) is 4.98 Å². The number of nitrogens with zero attached hydrogens (tertiary/aromatic N) is 1. The molecule has 2 rings (SSSR count). The number of ether oxygens (including phenoxy) is 1. The predicted molar refractivity (Wildman–Crippen MR) is 175 cm³/mol. The molecule has 5 atom stereocenters. The van der Waals surface area contributed by atoms with Crippen LogP contribution in [-0.4, -0.2) is 65.3 Å². The Hall–Kier alpha value is -1.69. The van der Waals surface area contributed by atoms with Crippen LogP contribution in [0.4, 0.5) is 0 Å². The van der Waals surface area contributed by atoms with Crippen LogP contribution in [-0.2, 0) is 25.4 Å². The zero-order valence-corrected chi connectivity index (χ0v) is 29.7. The molecule has 3 N–H and O–H groups in total. The molecule has 10 heteroatoms. The average Bonchev–Trinajstić information content (AvgIpc) is 3.37. The van der Waals surface area contributed by atoms with Gasteiger partial charge in [-0.05, 0) is 67.5 Å². The number of aromatic nitrogens is 1. The van der Waals surface area contributed by atoms with Crippen LogP contribution in [0.15, 0.2) is 22.6 Å². The maximum absolute atomic E-state index is 13.3. The lowest BCUT2D eigenvalue weighted by atomic mass is 9.73. The van der Waals surface area contributed by atoms with E-state index in [0.29, 0.717) is 25.9 Å². The molecule has 1 aromatic rings. The fourth-order valence-corrected chi connectivity index (χ4v) is 6.63. The summed E-state index contributed by atoms with van der Waals surface area (Å²) in [7, 11) is -1.91. The van der Waals surface area contributed by atoms with Crippen LogP contribution >= 0.6 is 11.3 Å². The van der Waals surface area contributed by atoms with Crippen LogP contribution in [0.3, 0.4) is 0 Å². The number of hydrogen-bond acceptors (Lipinski definition) is 9.